The molecule has 0 spiro atoms. The van der Waals surface area contributed by atoms with Crippen molar-refractivity contribution < 1.29 is 9.84 Å². The van der Waals surface area contributed by atoms with Crippen LogP contribution in [0.5, 0.6) is 5.75 Å². The summed E-state index contributed by atoms with van der Waals surface area (Å²) >= 11 is 0. The van der Waals surface area contributed by atoms with Crippen LogP contribution in [0.4, 0.5) is 0 Å². The van der Waals surface area contributed by atoms with Gasteiger partial charge in [-0.25, -0.2) is 0 Å². The van der Waals surface area contributed by atoms with Crippen molar-refractivity contribution in [3.63, 3.8) is 0 Å². The summed E-state index contributed by atoms with van der Waals surface area (Å²) in [7, 11) is 1.64. The maximum Gasteiger partial charge on any atom is 0.122 e. The lowest BCUT2D eigenvalue weighted by molar-refractivity contribution is 0.269. The highest BCUT2D eigenvalue weighted by Crippen LogP contribution is 2.25. The fourth-order valence-electron chi connectivity index (χ4n) is 1.17. The van der Waals surface area contributed by atoms with Gasteiger partial charge in [-0.15, -0.1) is 0 Å². The van der Waals surface area contributed by atoms with Gasteiger partial charge in [0, 0.05) is 12.5 Å². The van der Waals surface area contributed by atoms with E-state index >= 15 is 0 Å². The van der Waals surface area contributed by atoms with E-state index in [9.17, 15) is 0 Å². The highest BCUT2D eigenvalue weighted by atomic mass is 16.5. The van der Waals surface area contributed by atoms with E-state index in [-0.39, 0.29) is 12.5 Å². The van der Waals surface area contributed by atoms with Crippen molar-refractivity contribution in [2.75, 3.05) is 13.7 Å². The van der Waals surface area contributed by atoms with E-state index in [4.69, 9.17) is 9.84 Å². The molecule has 1 aromatic rings. The second kappa shape index (κ2) is 4.12. The number of aliphatic hydroxyl groups is 1. The summed E-state index contributed by atoms with van der Waals surface area (Å²) in [5.74, 6) is 0.986. The summed E-state index contributed by atoms with van der Waals surface area (Å²) in [6, 6.07) is 7.75. The summed E-state index contributed by atoms with van der Waals surface area (Å²) in [6.45, 7) is 2.12. The van der Waals surface area contributed by atoms with Crippen LogP contribution in [0, 0.1) is 0 Å². The summed E-state index contributed by atoms with van der Waals surface area (Å²) in [4.78, 5) is 0. The highest BCUT2D eigenvalue weighted by molar-refractivity contribution is 5.35. The first kappa shape index (κ1) is 9.07. The van der Waals surface area contributed by atoms with Gasteiger partial charge in [-0.3, -0.25) is 0 Å². The van der Waals surface area contributed by atoms with E-state index in [1.807, 2.05) is 31.2 Å². The van der Waals surface area contributed by atoms with Crippen molar-refractivity contribution in [3.05, 3.63) is 29.8 Å². The predicted octanol–water partition coefficient (Wildman–Crippen LogP) is 1.79. The second-order valence-electron chi connectivity index (χ2n) is 2.83. The monoisotopic (exact) mass is 166 g/mol. The largest absolute Gasteiger partial charge is 0.496 e. The van der Waals surface area contributed by atoms with Crippen LogP contribution in [0.3, 0.4) is 0 Å². The van der Waals surface area contributed by atoms with E-state index in [1.54, 1.807) is 7.11 Å². The van der Waals surface area contributed by atoms with Gasteiger partial charge >= 0.3 is 0 Å². The lowest BCUT2D eigenvalue weighted by Gasteiger charge is -2.12. The molecule has 2 heteroatoms. The van der Waals surface area contributed by atoms with Crippen molar-refractivity contribution >= 4 is 0 Å². The molecule has 0 heterocycles. The Labute approximate surface area is 72.8 Å². The van der Waals surface area contributed by atoms with Crippen LogP contribution < -0.4 is 4.74 Å². The molecule has 0 aromatic heterocycles. The molecular weight excluding hydrogens is 152 g/mol. The Kier molecular flexibility index (Phi) is 3.11. The fourth-order valence-corrected chi connectivity index (χ4v) is 1.17. The van der Waals surface area contributed by atoms with Gasteiger partial charge < -0.3 is 9.84 Å². The third-order valence-corrected chi connectivity index (χ3v) is 1.94. The van der Waals surface area contributed by atoms with Crippen LogP contribution in [0.2, 0.25) is 0 Å². The molecule has 1 aromatic carbocycles. The van der Waals surface area contributed by atoms with Gasteiger partial charge in [0.2, 0.25) is 0 Å². The smallest absolute Gasteiger partial charge is 0.122 e. The fraction of sp³-hybridized carbons (Fsp3) is 0.400. The van der Waals surface area contributed by atoms with Crippen molar-refractivity contribution in [2.45, 2.75) is 12.8 Å². The molecule has 0 aliphatic rings. The molecule has 1 unspecified atom stereocenters. The Bertz CT molecular complexity index is 245. The average Bonchev–Trinajstić information content (AvgIpc) is 2.16. The minimum atomic E-state index is 0.140. The second-order valence-corrected chi connectivity index (χ2v) is 2.83. The van der Waals surface area contributed by atoms with Crippen LogP contribution >= 0.6 is 0 Å². The summed E-state index contributed by atoms with van der Waals surface area (Å²) in [6.07, 6.45) is 0. The van der Waals surface area contributed by atoms with E-state index in [2.05, 4.69) is 0 Å². The molecule has 0 bridgehead atoms. The van der Waals surface area contributed by atoms with Crippen LogP contribution in [-0.4, -0.2) is 18.8 Å². The Morgan fingerprint density at radius 3 is 2.67 bits per heavy atom. The van der Waals surface area contributed by atoms with Gasteiger partial charge in [0.25, 0.3) is 0 Å². The molecular formula is C10H14O2. The Hall–Kier alpha value is -1.02. The molecule has 0 aliphatic carbocycles. The van der Waals surface area contributed by atoms with Crippen molar-refractivity contribution in [3.8, 4) is 5.75 Å². The van der Waals surface area contributed by atoms with Crippen LogP contribution in [0.25, 0.3) is 0 Å². The normalized spacial score (nSPS) is 12.6. The molecule has 1 N–H and O–H groups in total. The number of hydrogen-bond donors (Lipinski definition) is 1. The first-order valence-corrected chi connectivity index (χ1v) is 4.03. The zero-order valence-electron chi connectivity index (χ0n) is 7.45. The highest BCUT2D eigenvalue weighted by Gasteiger charge is 2.08. The summed E-state index contributed by atoms with van der Waals surface area (Å²) in [5.41, 5.74) is 1.06. The third kappa shape index (κ3) is 1.77. The quantitative estimate of drug-likeness (QED) is 0.741. The molecule has 66 valence electrons. The van der Waals surface area contributed by atoms with Gasteiger partial charge in [0.15, 0.2) is 0 Å². The van der Waals surface area contributed by atoms with E-state index in [0.29, 0.717) is 0 Å². The Morgan fingerprint density at radius 2 is 2.08 bits per heavy atom. The topological polar surface area (TPSA) is 29.5 Å². The number of aliphatic hydroxyl groups excluding tert-OH is 1. The number of ether oxygens (including phenoxy) is 1. The number of para-hydroxylation sites is 1. The molecule has 12 heavy (non-hydrogen) atoms. The zero-order valence-corrected chi connectivity index (χ0v) is 7.45. The predicted molar refractivity (Wildman–Crippen MR) is 48.5 cm³/mol. The molecule has 0 saturated heterocycles. The maximum absolute atomic E-state index is 8.95. The van der Waals surface area contributed by atoms with Gasteiger partial charge in [-0.1, -0.05) is 25.1 Å². The van der Waals surface area contributed by atoms with E-state index in [0.717, 1.165) is 11.3 Å². The molecule has 1 atom stereocenters. The van der Waals surface area contributed by atoms with Crippen LogP contribution in [0.1, 0.15) is 18.4 Å². The molecule has 1 rings (SSSR count). The number of methoxy groups -OCH3 is 1. The standard InChI is InChI=1S/C10H14O2/c1-8(7-11)9-5-3-4-6-10(9)12-2/h3-6,8,11H,7H2,1-2H3. The van der Waals surface area contributed by atoms with Gasteiger partial charge in [-0.05, 0) is 11.6 Å². The zero-order chi connectivity index (χ0) is 8.97. The molecule has 0 aliphatic heterocycles. The van der Waals surface area contributed by atoms with Crippen LogP contribution in [0.15, 0.2) is 24.3 Å². The summed E-state index contributed by atoms with van der Waals surface area (Å²) < 4.78 is 5.16. The van der Waals surface area contributed by atoms with Crippen LogP contribution in [-0.2, 0) is 0 Å². The first-order chi connectivity index (χ1) is 5.79. The lowest BCUT2D eigenvalue weighted by atomic mass is 10.0. The SMILES string of the molecule is COc1ccccc1C(C)CO. The van der Waals surface area contributed by atoms with Gasteiger partial charge in [0.1, 0.15) is 5.75 Å². The van der Waals surface area contributed by atoms with E-state index in [1.165, 1.54) is 0 Å². The Balaban J connectivity index is 2.96. The molecule has 2 nitrogen and oxygen atoms in total. The number of hydrogen-bond acceptors (Lipinski definition) is 2. The van der Waals surface area contributed by atoms with Crippen molar-refractivity contribution in [1.82, 2.24) is 0 Å². The summed E-state index contributed by atoms with van der Waals surface area (Å²) in [5, 5.41) is 8.95. The third-order valence-electron chi connectivity index (χ3n) is 1.94. The first-order valence-electron chi connectivity index (χ1n) is 4.03. The van der Waals surface area contributed by atoms with Crippen molar-refractivity contribution in [2.24, 2.45) is 0 Å². The number of benzene rings is 1. The van der Waals surface area contributed by atoms with E-state index < -0.39 is 0 Å². The maximum atomic E-state index is 8.95. The minimum Gasteiger partial charge on any atom is -0.496 e. The van der Waals surface area contributed by atoms with Gasteiger partial charge in [0.05, 0.1) is 7.11 Å². The number of rotatable bonds is 3. The average molecular weight is 166 g/mol. The van der Waals surface area contributed by atoms with Crippen molar-refractivity contribution in [1.29, 1.82) is 0 Å². The molecule has 0 saturated carbocycles. The molecule has 0 amide bonds. The Morgan fingerprint density at radius 1 is 1.42 bits per heavy atom. The lowest BCUT2D eigenvalue weighted by Crippen LogP contribution is -2.01. The minimum absolute atomic E-state index is 0.140. The molecule has 0 radical (unpaired) electrons. The van der Waals surface area contributed by atoms with Gasteiger partial charge in [-0.2, -0.15) is 0 Å². The molecule has 0 fully saturated rings.